The molecule has 0 unspecified atom stereocenters. The number of methoxy groups -OCH3 is 3. The van der Waals surface area contributed by atoms with Crippen molar-refractivity contribution in [2.45, 2.75) is 38.5 Å². The minimum Gasteiger partial charge on any atom is -0.496 e. The summed E-state index contributed by atoms with van der Waals surface area (Å²) >= 11 is 0. The molecule has 1 aromatic rings. The summed E-state index contributed by atoms with van der Waals surface area (Å²) in [6.07, 6.45) is 11.5. The lowest BCUT2D eigenvalue weighted by Crippen LogP contribution is -2.51. The average molecular weight is 386 g/mol. The summed E-state index contributed by atoms with van der Waals surface area (Å²) in [5, 5.41) is 3.18. The molecule has 1 aromatic carbocycles. The molecule has 4 aliphatic rings. The van der Waals surface area contributed by atoms with Gasteiger partial charge in [-0.05, 0) is 73.8 Å². The van der Waals surface area contributed by atoms with Gasteiger partial charge in [-0.2, -0.15) is 0 Å². The second kappa shape index (κ2) is 7.69. The molecule has 28 heavy (non-hydrogen) atoms. The van der Waals surface area contributed by atoms with Crippen LogP contribution in [0.2, 0.25) is 0 Å². The second-order valence-electron chi connectivity index (χ2n) is 8.92. The predicted octanol–water partition coefficient (Wildman–Crippen LogP) is 4.06. The quantitative estimate of drug-likeness (QED) is 0.719. The Bertz CT molecular complexity index is 735. The summed E-state index contributed by atoms with van der Waals surface area (Å²) in [6, 6.07) is 3.59. The van der Waals surface area contributed by atoms with Crippen molar-refractivity contribution < 1.29 is 19.0 Å². The molecule has 152 valence electrons. The Morgan fingerprint density at radius 1 is 0.964 bits per heavy atom. The van der Waals surface area contributed by atoms with Crippen LogP contribution in [0.5, 0.6) is 17.2 Å². The van der Waals surface area contributed by atoms with Gasteiger partial charge in [-0.25, -0.2) is 0 Å². The van der Waals surface area contributed by atoms with Crippen LogP contribution in [0.25, 0.3) is 6.08 Å². The monoisotopic (exact) mass is 385 g/mol. The van der Waals surface area contributed by atoms with Crippen LogP contribution in [0.4, 0.5) is 0 Å². The van der Waals surface area contributed by atoms with Gasteiger partial charge in [-0.15, -0.1) is 0 Å². The van der Waals surface area contributed by atoms with Crippen molar-refractivity contribution in [2.24, 2.45) is 23.2 Å². The van der Waals surface area contributed by atoms with Crippen molar-refractivity contribution in [2.75, 3.05) is 27.9 Å². The number of rotatable bonds is 7. The first-order valence-corrected chi connectivity index (χ1v) is 10.3. The molecule has 0 saturated heterocycles. The van der Waals surface area contributed by atoms with Crippen LogP contribution >= 0.6 is 0 Å². The minimum atomic E-state index is -0.0485. The fourth-order valence-corrected chi connectivity index (χ4v) is 6.19. The van der Waals surface area contributed by atoms with Gasteiger partial charge >= 0.3 is 0 Å². The summed E-state index contributed by atoms with van der Waals surface area (Å²) in [4.78, 5) is 12.5. The van der Waals surface area contributed by atoms with Gasteiger partial charge < -0.3 is 19.5 Å². The number of carbonyl (C=O) groups excluding carboxylic acids is 1. The van der Waals surface area contributed by atoms with Crippen LogP contribution < -0.4 is 19.5 Å². The van der Waals surface area contributed by atoms with Crippen molar-refractivity contribution in [3.05, 3.63) is 23.8 Å². The fourth-order valence-electron chi connectivity index (χ4n) is 6.19. The van der Waals surface area contributed by atoms with E-state index in [1.54, 1.807) is 39.5 Å². The number of ether oxygens (including phenoxy) is 3. The lowest BCUT2D eigenvalue weighted by atomic mass is 9.49. The Balaban J connectivity index is 1.41. The number of amides is 1. The number of hydrogen-bond donors (Lipinski definition) is 1. The number of hydrogen-bond acceptors (Lipinski definition) is 4. The van der Waals surface area contributed by atoms with Crippen molar-refractivity contribution in [3.8, 4) is 17.2 Å². The third-order valence-electron chi connectivity index (χ3n) is 6.95. The molecule has 4 fully saturated rings. The number of nitrogens with one attached hydrogen (secondary N) is 1. The molecule has 4 aliphatic carbocycles. The maximum absolute atomic E-state index is 12.5. The van der Waals surface area contributed by atoms with Crippen molar-refractivity contribution in [1.29, 1.82) is 0 Å². The summed E-state index contributed by atoms with van der Waals surface area (Å²) in [5.74, 6) is 4.49. The third-order valence-corrected chi connectivity index (χ3v) is 6.95. The predicted molar refractivity (Wildman–Crippen MR) is 109 cm³/mol. The van der Waals surface area contributed by atoms with Gasteiger partial charge in [0.1, 0.15) is 5.75 Å². The maximum Gasteiger partial charge on any atom is 0.244 e. The van der Waals surface area contributed by atoms with Gasteiger partial charge in [0.2, 0.25) is 5.91 Å². The largest absolute Gasteiger partial charge is 0.496 e. The first-order valence-electron chi connectivity index (χ1n) is 10.3. The highest BCUT2D eigenvalue weighted by Gasteiger charge is 2.50. The minimum absolute atomic E-state index is 0.0485. The normalized spacial score (nSPS) is 30.5. The molecule has 5 rings (SSSR count). The fraction of sp³-hybridized carbons (Fsp3) is 0.609. The highest BCUT2D eigenvalue weighted by atomic mass is 16.5. The van der Waals surface area contributed by atoms with Crippen LogP contribution in [0.1, 0.15) is 44.1 Å². The van der Waals surface area contributed by atoms with Gasteiger partial charge in [-0.1, -0.05) is 0 Å². The molecular weight excluding hydrogens is 354 g/mol. The Morgan fingerprint density at radius 3 is 2.04 bits per heavy atom. The maximum atomic E-state index is 12.5. The molecule has 5 nitrogen and oxygen atoms in total. The zero-order valence-electron chi connectivity index (χ0n) is 17.1. The van der Waals surface area contributed by atoms with Crippen molar-refractivity contribution >= 4 is 12.0 Å². The molecule has 4 bridgehead atoms. The Labute approximate surface area is 167 Å². The highest BCUT2D eigenvalue weighted by molar-refractivity contribution is 5.92. The molecule has 0 aliphatic heterocycles. The van der Waals surface area contributed by atoms with E-state index in [0.29, 0.717) is 22.7 Å². The van der Waals surface area contributed by atoms with E-state index in [-0.39, 0.29) is 5.91 Å². The summed E-state index contributed by atoms with van der Waals surface area (Å²) in [7, 11) is 4.78. The second-order valence-corrected chi connectivity index (χ2v) is 8.92. The van der Waals surface area contributed by atoms with E-state index in [2.05, 4.69) is 5.32 Å². The van der Waals surface area contributed by atoms with Crippen LogP contribution in [-0.4, -0.2) is 33.8 Å². The molecule has 0 atom stereocenters. The molecule has 4 saturated carbocycles. The molecule has 1 N–H and O–H groups in total. The summed E-state index contributed by atoms with van der Waals surface area (Å²) < 4.78 is 16.1. The van der Waals surface area contributed by atoms with Gasteiger partial charge in [0.25, 0.3) is 0 Å². The van der Waals surface area contributed by atoms with Gasteiger partial charge in [0.05, 0.1) is 21.3 Å². The molecule has 0 spiro atoms. The van der Waals surface area contributed by atoms with Crippen LogP contribution in [0.3, 0.4) is 0 Å². The zero-order chi connectivity index (χ0) is 19.7. The topological polar surface area (TPSA) is 56.8 Å². The van der Waals surface area contributed by atoms with E-state index in [1.165, 1.54) is 38.5 Å². The van der Waals surface area contributed by atoms with E-state index < -0.39 is 0 Å². The molecular formula is C23H31NO4. The highest BCUT2D eigenvalue weighted by Crippen LogP contribution is 2.59. The molecule has 0 aromatic heterocycles. The third kappa shape index (κ3) is 3.71. The SMILES string of the molecule is COc1cc(OC)c(OC)cc1/C=C/C(=O)NCC12CC3CC(CC(C3)C1)C2. The molecule has 0 heterocycles. The summed E-state index contributed by atoms with van der Waals surface area (Å²) in [6.45, 7) is 0.808. The summed E-state index contributed by atoms with van der Waals surface area (Å²) in [5.41, 5.74) is 1.13. The van der Waals surface area contributed by atoms with E-state index >= 15 is 0 Å². The number of carbonyl (C=O) groups is 1. The van der Waals surface area contributed by atoms with Gasteiger partial charge in [0.15, 0.2) is 11.5 Å². The molecule has 1 amide bonds. The number of benzene rings is 1. The zero-order valence-corrected chi connectivity index (χ0v) is 17.1. The Kier molecular flexibility index (Phi) is 5.26. The smallest absolute Gasteiger partial charge is 0.244 e. The van der Waals surface area contributed by atoms with Gasteiger partial charge in [0, 0.05) is 24.3 Å². The lowest BCUT2D eigenvalue weighted by Gasteiger charge is -2.56. The standard InChI is InChI=1S/C23H31NO4/c1-26-19-10-21(28-3)20(27-2)9-18(19)4-5-22(25)24-14-23-11-15-6-16(12-23)8-17(7-15)13-23/h4-5,9-10,15-17H,6-8,11-14H2,1-3H3,(H,24,25)/b5-4+. The first-order chi connectivity index (χ1) is 13.5. The van der Waals surface area contributed by atoms with E-state index in [0.717, 1.165) is 29.9 Å². The van der Waals surface area contributed by atoms with E-state index in [4.69, 9.17) is 14.2 Å². The van der Waals surface area contributed by atoms with Crippen molar-refractivity contribution in [1.82, 2.24) is 5.32 Å². The van der Waals surface area contributed by atoms with E-state index in [1.807, 2.05) is 6.07 Å². The lowest BCUT2D eigenvalue weighted by molar-refractivity contribution is -0.118. The van der Waals surface area contributed by atoms with E-state index in [9.17, 15) is 4.79 Å². The first kappa shape index (κ1) is 19.2. The molecule has 5 heteroatoms. The van der Waals surface area contributed by atoms with Gasteiger partial charge in [-0.3, -0.25) is 4.79 Å². The van der Waals surface area contributed by atoms with Crippen LogP contribution in [0.15, 0.2) is 18.2 Å². The Hall–Kier alpha value is -2.17. The Morgan fingerprint density at radius 2 is 1.50 bits per heavy atom. The van der Waals surface area contributed by atoms with Crippen molar-refractivity contribution in [3.63, 3.8) is 0 Å². The van der Waals surface area contributed by atoms with Crippen LogP contribution in [-0.2, 0) is 4.79 Å². The van der Waals surface area contributed by atoms with Crippen LogP contribution in [0, 0.1) is 23.2 Å². The average Bonchev–Trinajstić information content (AvgIpc) is 2.69. The molecule has 0 radical (unpaired) electrons.